The van der Waals surface area contributed by atoms with Gasteiger partial charge in [-0.2, -0.15) is 5.26 Å². The molecule has 4 nitrogen and oxygen atoms in total. The number of nitrogens with zero attached hydrogens (tertiary/aromatic N) is 1. The van der Waals surface area contributed by atoms with Gasteiger partial charge in [-0.3, -0.25) is 0 Å². The number of sulfonamides is 1. The Morgan fingerprint density at radius 2 is 1.68 bits per heavy atom. The van der Waals surface area contributed by atoms with Crippen molar-refractivity contribution >= 4 is 10.0 Å². The molecular weight excluding hydrogens is 260 g/mol. The molecule has 0 saturated heterocycles. The number of nitriles is 1. The lowest BCUT2D eigenvalue weighted by molar-refractivity contribution is 0.523. The Labute approximate surface area is 118 Å². The summed E-state index contributed by atoms with van der Waals surface area (Å²) < 4.78 is 27.1. The van der Waals surface area contributed by atoms with Gasteiger partial charge >= 0.3 is 0 Å². The van der Waals surface area contributed by atoms with E-state index < -0.39 is 10.0 Å². The van der Waals surface area contributed by atoms with Gasteiger partial charge < -0.3 is 0 Å². The standard InChI is InChI=1S/C14H28N2O2S/c1-3-5-7-11-14(10-6-4-2)19(17,18)16-13-9-8-12-15/h14,16H,3-11,13H2,1-2H3. The normalized spacial score (nSPS) is 13.1. The minimum absolute atomic E-state index is 0.263. The molecular formula is C14H28N2O2S. The summed E-state index contributed by atoms with van der Waals surface area (Å²) in [6.45, 7) is 4.58. The molecule has 0 amide bonds. The summed E-state index contributed by atoms with van der Waals surface area (Å²) >= 11 is 0. The van der Waals surface area contributed by atoms with Crippen LogP contribution in [0.1, 0.15) is 71.6 Å². The maximum Gasteiger partial charge on any atom is 0.214 e. The van der Waals surface area contributed by atoms with Gasteiger partial charge in [0.2, 0.25) is 10.0 Å². The Balaban J connectivity index is 4.31. The summed E-state index contributed by atoms with van der Waals surface area (Å²) in [4.78, 5) is 0. The summed E-state index contributed by atoms with van der Waals surface area (Å²) in [7, 11) is -3.21. The van der Waals surface area contributed by atoms with E-state index in [1.165, 1.54) is 0 Å². The Morgan fingerprint density at radius 3 is 2.26 bits per heavy atom. The zero-order valence-electron chi connectivity index (χ0n) is 12.3. The topological polar surface area (TPSA) is 70.0 Å². The molecule has 1 unspecified atom stereocenters. The van der Waals surface area contributed by atoms with E-state index in [0.717, 1.165) is 44.9 Å². The SMILES string of the molecule is CCCCCC(CCCC)S(=O)(=O)NCCCC#N. The minimum atomic E-state index is -3.21. The zero-order valence-corrected chi connectivity index (χ0v) is 13.1. The van der Waals surface area contributed by atoms with Crippen molar-refractivity contribution in [3.63, 3.8) is 0 Å². The summed E-state index contributed by atoms with van der Waals surface area (Å²) in [5, 5.41) is 8.17. The van der Waals surface area contributed by atoms with Gasteiger partial charge in [-0.1, -0.05) is 46.0 Å². The van der Waals surface area contributed by atoms with Gasteiger partial charge in [-0.05, 0) is 19.3 Å². The Kier molecular flexibility index (Phi) is 10.9. The van der Waals surface area contributed by atoms with Crippen LogP contribution in [0.15, 0.2) is 0 Å². The molecule has 0 aromatic rings. The van der Waals surface area contributed by atoms with Gasteiger partial charge in [-0.25, -0.2) is 13.1 Å². The maximum atomic E-state index is 12.2. The molecule has 0 aliphatic heterocycles. The van der Waals surface area contributed by atoms with Crippen LogP contribution in [0.3, 0.4) is 0 Å². The van der Waals surface area contributed by atoms with Gasteiger partial charge in [0.15, 0.2) is 0 Å². The molecule has 0 aromatic carbocycles. The highest BCUT2D eigenvalue weighted by molar-refractivity contribution is 7.90. The third-order valence-electron chi connectivity index (χ3n) is 3.22. The first-order valence-corrected chi connectivity index (χ1v) is 8.98. The molecule has 0 rings (SSSR count). The van der Waals surface area contributed by atoms with Crippen molar-refractivity contribution in [2.75, 3.05) is 6.54 Å². The van der Waals surface area contributed by atoms with E-state index in [2.05, 4.69) is 18.6 Å². The van der Waals surface area contributed by atoms with Crippen LogP contribution in [-0.4, -0.2) is 20.2 Å². The predicted molar refractivity (Wildman–Crippen MR) is 79.2 cm³/mol. The van der Waals surface area contributed by atoms with Gasteiger partial charge in [0.1, 0.15) is 0 Å². The second kappa shape index (κ2) is 11.2. The molecule has 1 atom stereocenters. The van der Waals surface area contributed by atoms with Crippen molar-refractivity contribution in [2.24, 2.45) is 0 Å². The lowest BCUT2D eigenvalue weighted by atomic mass is 10.1. The lowest BCUT2D eigenvalue weighted by Crippen LogP contribution is -2.35. The van der Waals surface area contributed by atoms with Gasteiger partial charge in [0.05, 0.1) is 11.3 Å². The molecule has 5 heteroatoms. The second-order valence-corrected chi connectivity index (χ2v) is 7.01. The van der Waals surface area contributed by atoms with E-state index in [-0.39, 0.29) is 5.25 Å². The molecule has 0 spiro atoms. The fourth-order valence-electron chi connectivity index (χ4n) is 2.01. The molecule has 0 aliphatic rings. The molecule has 0 aliphatic carbocycles. The van der Waals surface area contributed by atoms with Crippen LogP contribution >= 0.6 is 0 Å². The van der Waals surface area contributed by atoms with Gasteiger partial charge in [0, 0.05) is 13.0 Å². The second-order valence-electron chi connectivity index (χ2n) is 4.96. The summed E-state index contributed by atoms with van der Waals surface area (Å²) in [6, 6.07) is 2.02. The fourth-order valence-corrected chi connectivity index (χ4v) is 3.63. The number of nitrogens with one attached hydrogen (secondary N) is 1. The molecule has 112 valence electrons. The molecule has 0 aromatic heterocycles. The van der Waals surface area contributed by atoms with Gasteiger partial charge in [0.25, 0.3) is 0 Å². The predicted octanol–water partition coefficient (Wildman–Crippen LogP) is 3.35. The monoisotopic (exact) mass is 288 g/mol. The number of rotatable bonds is 12. The highest BCUT2D eigenvalue weighted by atomic mass is 32.2. The third kappa shape index (κ3) is 9.01. The van der Waals surface area contributed by atoms with Crippen LogP contribution in [-0.2, 0) is 10.0 Å². The average Bonchev–Trinajstić information content (AvgIpc) is 2.38. The largest absolute Gasteiger partial charge is 0.215 e. The van der Waals surface area contributed by atoms with Crippen LogP contribution in [0.4, 0.5) is 0 Å². The maximum absolute atomic E-state index is 12.2. The third-order valence-corrected chi connectivity index (χ3v) is 5.17. The Bertz CT molecular complexity index is 347. The van der Waals surface area contributed by atoms with E-state index in [1.54, 1.807) is 0 Å². The van der Waals surface area contributed by atoms with Crippen molar-refractivity contribution in [3.05, 3.63) is 0 Å². The van der Waals surface area contributed by atoms with E-state index in [0.29, 0.717) is 19.4 Å². The fraction of sp³-hybridized carbons (Fsp3) is 0.929. The highest BCUT2D eigenvalue weighted by Gasteiger charge is 2.23. The zero-order chi connectivity index (χ0) is 14.6. The van der Waals surface area contributed by atoms with Crippen LogP contribution in [0.25, 0.3) is 0 Å². The first-order chi connectivity index (χ1) is 9.08. The van der Waals surface area contributed by atoms with Crippen LogP contribution < -0.4 is 4.72 Å². The minimum Gasteiger partial charge on any atom is -0.215 e. The van der Waals surface area contributed by atoms with Crippen molar-refractivity contribution in [2.45, 2.75) is 76.9 Å². The van der Waals surface area contributed by atoms with Crippen molar-refractivity contribution in [3.8, 4) is 6.07 Å². The van der Waals surface area contributed by atoms with Crippen molar-refractivity contribution < 1.29 is 8.42 Å². The van der Waals surface area contributed by atoms with Crippen LogP contribution in [0.2, 0.25) is 0 Å². The van der Waals surface area contributed by atoms with Gasteiger partial charge in [-0.15, -0.1) is 0 Å². The number of hydrogen-bond donors (Lipinski definition) is 1. The van der Waals surface area contributed by atoms with E-state index in [9.17, 15) is 8.42 Å². The Hall–Kier alpha value is -0.600. The van der Waals surface area contributed by atoms with Crippen LogP contribution in [0.5, 0.6) is 0 Å². The molecule has 19 heavy (non-hydrogen) atoms. The Morgan fingerprint density at radius 1 is 1.05 bits per heavy atom. The van der Waals surface area contributed by atoms with E-state index in [4.69, 9.17) is 5.26 Å². The molecule has 0 fully saturated rings. The lowest BCUT2D eigenvalue weighted by Gasteiger charge is -2.18. The summed E-state index contributed by atoms with van der Waals surface area (Å²) in [5.74, 6) is 0. The quantitative estimate of drug-likeness (QED) is 0.560. The smallest absolute Gasteiger partial charge is 0.214 e. The van der Waals surface area contributed by atoms with Crippen LogP contribution in [0, 0.1) is 11.3 Å². The van der Waals surface area contributed by atoms with Crippen molar-refractivity contribution in [1.29, 1.82) is 5.26 Å². The first kappa shape index (κ1) is 18.4. The molecule has 0 heterocycles. The van der Waals surface area contributed by atoms with E-state index in [1.807, 2.05) is 6.07 Å². The highest BCUT2D eigenvalue weighted by Crippen LogP contribution is 2.17. The molecule has 0 radical (unpaired) electrons. The molecule has 1 N–H and O–H groups in total. The van der Waals surface area contributed by atoms with E-state index >= 15 is 0 Å². The average molecular weight is 288 g/mol. The molecule has 0 bridgehead atoms. The number of hydrogen-bond acceptors (Lipinski definition) is 3. The summed E-state index contributed by atoms with van der Waals surface area (Å²) in [5.41, 5.74) is 0. The molecule has 0 saturated carbocycles. The van der Waals surface area contributed by atoms with Crippen molar-refractivity contribution in [1.82, 2.24) is 4.72 Å². The summed E-state index contributed by atoms with van der Waals surface area (Å²) in [6.07, 6.45) is 7.63. The number of unbranched alkanes of at least 4 members (excludes halogenated alkanes) is 4. The first-order valence-electron chi connectivity index (χ1n) is 7.43.